The SMILES string of the molecule is CSCCNC1(c2ccc(Br)cc2)CCOCC1. The lowest BCUT2D eigenvalue weighted by Gasteiger charge is -2.39. The van der Waals surface area contributed by atoms with Crippen LogP contribution in [0.25, 0.3) is 0 Å². The van der Waals surface area contributed by atoms with E-state index in [9.17, 15) is 0 Å². The van der Waals surface area contributed by atoms with E-state index in [1.807, 2.05) is 11.8 Å². The molecule has 1 aromatic carbocycles. The molecule has 1 heterocycles. The third-order valence-corrected chi connectivity index (χ3v) is 4.65. The summed E-state index contributed by atoms with van der Waals surface area (Å²) >= 11 is 5.39. The van der Waals surface area contributed by atoms with Crippen LogP contribution < -0.4 is 5.32 Å². The van der Waals surface area contributed by atoms with Crippen molar-refractivity contribution in [3.8, 4) is 0 Å². The molecule has 0 aliphatic carbocycles. The molecule has 0 amide bonds. The molecule has 1 aliphatic rings. The van der Waals surface area contributed by atoms with Gasteiger partial charge in [0.05, 0.1) is 0 Å². The first-order chi connectivity index (χ1) is 8.77. The zero-order chi connectivity index (χ0) is 12.8. The molecule has 4 heteroatoms. The second-order valence-electron chi connectivity index (χ2n) is 4.62. The highest BCUT2D eigenvalue weighted by Gasteiger charge is 2.33. The Bertz CT molecular complexity index is 363. The molecule has 0 aromatic heterocycles. The molecule has 1 aliphatic heterocycles. The highest BCUT2D eigenvalue weighted by molar-refractivity contribution is 9.10. The van der Waals surface area contributed by atoms with E-state index >= 15 is 0 Å². The molecule has 0 saturated carbocycles. The van der Waals surface area contributed by atoms with Crippen LogP contribution in [0.1, 0.15) is 18.4 Å². The number of hydrogen-bond donors (Lipinski definition) is 1. The minimum absolute atomic E-state index is 0.106. The highest BCUT2D eigenvalue weighted by Crippen LogP contribution is 2.32. The van der Waals surface area contributed by atoms with Gasteiger partial charge in [-0.2, -0.15) is 11.8 Å². The van der Waals surface area contributed by atoms with E-state index in [4.69, 9.17) is 4.74 Å². The van der Waals surface area contributed by atoms with Crippen molar-refractivity contribution >= 4 is 27.7 Å². The van der Waals surface area contributed by atoms with Crippen molar-refractivity contribution in [2.75, 3.05) is 31.8 Å². The first kappa shape index (κ1) is 14.4. The van der Waals surface area contributed by atoms with E-state index < -0.39 is 0 Å². The quantitative estimate of drug-likeness (QED) is 0.836. The summed E-state index contributed by atoms with van der Waals surface area (Å²) in [5.74, 6) is 1.15. The summed E-state index contributed by atoms with van der Waals surface area (Å²) in [7, 11) is 0. The monoisotopic (exact) mass is 329 g/mol. The normalized spacial score (nSPS) is 18.8. The Morgan fingerprint density at radius 1 is 1.28 bits per heavy atom. The van der Waals surface area contributed by atoms with Gasteiger partial charge in [-0.05, 0) is 36.8 Å². The van der Waals surface area contributed by atoms with E-state index in [-0.39, 0.29) is 5.54 Å². The van der Waals surface area contributed by atoms with Gasteiger partial charge in [0.25, 0.3) is 0 Å². The largest absolute Gasteiger partial charge is 0.381 e. The van der Waals surface area contributed by atoms with E-state index in [1.165, 1.54) is 5.56 Å². The maximum atomic E-state index is 5.52. The van der Waals surface area contributed by atoms with Gasteiger partial charge in [-0.25, -0.2) is 0 Å². The van der Waals surface area contributed by atoms with Crippen LogP contribution in [-0.2, 0) is 10.3 Å². The van der Waals surface area contributed by atoms with Crippen LogP contribution in [-0.4, -0.2) is 31.8 Å². The molecule has 1 aromatic rings. The first-order valence-corrected chi connectivity index (χ1v) is 8.53. The van der Waals surface area contributed by atoms with Gasteiger partial charge in [-0.15, -0.1) is 0 Å². The number of ether oxygens (including phenoxy) is 1. The zero-order valence-electron chi connectivity index (χ0n) is 10.7. The van der Waals surface area contributed by atoms with Crippen LogP contribution in [0.4, 0.5) is 0 Å². The Labute approximate surface area is 122 Å². The van der Waals surface area contributed by atoms with Gasteiger partial charge in [0.15, 0.2) is 0 Å². The van der Waals surface area contributed by atoms with Gasteiger partial charge >= 0.3 is 0 Å². The van der Waals surface area contributed by atoms with Crippen molar-refractivity contribution in [1.82, 2.24) is 5.32 Å². The van der Waals surface area contributed by atoms with E-state index in [1.54, 1.807) is 0 Å². The van der Waals surface area contributed by atoms with Crippen LogP contribution in [0, 0.1) is 0 Å². The van der Waals surface area contributed by atoms with Crippen molar-refractivity contribution in [2.45, 2.75) is 18.4 Å². The minimum Gasteiger partial charge on any atom is -0.381 e. The van der Waals surface area contributed by atoms with Crippen molar-refractivity contribution in [3.63, 3.8) is 0 Å². The molecule has 0 spiro atoms. The fourth-order valence-electron chi connectivity index (χ4n) is 2.45. The fraction of sp³-hybridized carbons (Fsp3) is 0.571. The minimum atomic E-state index is 0.106. The fourth-order valence-corrected chi connectivity index (χ4v) is 3.02. The lowest BCUT2D eigenvalue weighted by atomic mass is 9.82. The number of halogens is 1. The molecule has 0 bridgehead atoms. The smallest absolute Gasteiger partial charge is 0.0486 e. The van der Waals surface area contributed by atoms with Gasteiger partial charge in [0, 0.05) is 35.5 Å². The lowest BCUT2D eigenvalue weighted by molar-refractivity contribution is 0.0375. The Balaban J connectivity index is 2.15. The standard InChI is InChI=1S/C14H20BrNOS/c1-18-11-8-16-14(6-9-17-10-7-14)12-2-4-13(15)5-3-12/h2-5,16H,6-11H2,1H3. The summed E-state index contributed by atoms with van der Waals surface area (Å²) in [6.45, 7) is 2.75. The van der Waals surface area contributed by atoms with Gasteiger partial charge < -0.3 is 10.1 Å². The van der Waals surface area contributed by atoms with Gasteiger partial charge in [-0.1, -0.05) is 28.1 Å². The maximum absolute atomic E-state index is 5.52. The molecule has 1 N–H and O–H groups in total. The van der Waals surface area contributed by atoms with Crippen LogP contribution in [0.3, 0.4) is 0 Å². The second-order valence-corrected chi connectivity index (χ2v) is 6.52. The number of rotatable bonds is 5. The third kappa shape index (κ3) is 3.50. The highest BCUT2D eigenvalue weighted by atomic mass is 79.9. The molecule has 0 radical (unpaired) electrons. The molecule has 1 fully saturated rings. The Hall–Kier alpha value is -0.0300. The Morgan fingerprint density at radius 2 is 1.94 bits per heavy atom. The van der Waals surface area contributed by atoms with Gasteiger partial charge in [-0.3, -0.25) is 0 Å². The molecule has 1 saturated heterocycles. The van der Waals surface area contributed by atoms with Crippen molar-refractivity contribution in [3.05, 3.63) is 34.3 Å². The van der Waals surface area contributed by atoms with Crippen LogP contribution in [0.15, 0.2) is 28.7 Å². The zero-order valence-corrected chi connectivity index (χ0v) is 13.1. The lowest BCUT2D eigenvalue weighted by Crippen LogP contribution is -2.47. The molecule has 0 atom stereocenters. The number of hydrogen-bond acceptors (Lipinski definition) is 3. The molecular formula is C14H20BrNOS. The van der Waals surface area contributed by atoms with Crippen LogP contribution >= 0.6 is 27.7 Å². The third-order valence-electron chi connectivity index (χ3n) is 3.51. The summed E-state index contributed by atoms with van der Waals surface area (Å²) in [6.07, 6.45) is 4.27. The molecule has 18 heavy (non-hydrogen) atoms. The van der Waals surface area contributed by atoms with Gasteiger partial charge in [0.2, 0.25) is 0 Å². The number of thioether (sulfide) groups is 1. The summed E-state index contributed by atoms with van der Waals surface area (Å²) in [5, 5.41) is 3.76. The molecule has 2 rings (SSSR count). The second kappa shape index (κ2) is 6.94. The summed E-state index contributed by atoms with van der Waals surface area (Å²) in [4.78, 5) is 0. The first-order valence-electron chi connectivity index (χ1n) is 6.35. The molecule has 0 unspecified atom stereocenters. The summed E-state index contributed by atoms with van der Waals surface area (Å²) in [6, 6.07) is 8.70. The molecule has 2 nitrogen and oxygen atoms in total. The average molecular weight is 330 g/mol. The Morgan fingerprint density at radius 3 is 2.56 bits per heavy atom. The molecule has 100 valence electrons. The predicted molar refractivity (Wildman–Crippen MR) is 82.3 cm³/mol. The van der Waals surface area contributed by atoms with Crippen LogP contribution in [0.2, 0.25) is 0 Å². The Kier molecular flexibility index (Phi) is 5.55. The van der Waals surface area contributed by atoms with Crippen molar-refractivity contribution in [1.29, 1.82) is 0 Å². The predicted octanol–water partition coefficient (Wildman–Crippen LogP) is 3.41. The number of benzene rings is 1. The van der Waals surface area contributed by atoms with E-state index in [2.05, 4.69) is 51.8 Å². The molecular weight excluding hydrogens is 310 g/mol. The summed E-state index contributed by atoms with van der Waals surface area (Å²) in [5.41, 5.74) is 1.49. The van der Waals surface area contributed by atoms with Gasteiger partial charge in [0.1, 0.15) is 0 Å². The number of nitrogens with one attached hydrogen (secondary N) is 1. The van der Waals surface area contributed by atoms with E-state index in [0.29, 0.717) is 0 Å². The average Bonchev–Trinajstić information content (AvgIpc) is 2.41. The van der Waals surface area contributed by atoms with Crippen molar-refractivity contribution < 1.29 is 4.74 Å². The topological polar surface area (TPSA) is 21.3 Å². The van der Waals surface area contributed by atoms with E-state index in [0.717, 1.165) is 42.8 Å². The maximum Gasteiger partial charge on any atom is 0.0486 e. The van der Waals surface area contributed by atoms with Crippen molar-refractivity contribution in [2.24, 2.45) is 0 Å². The summed E-state index contributed by atoms with van der Waals surface area (Å²) < 4.78 is 6.66. The van der Waals surface area contributed by atoms with Crippen LogP contribution in [0.5, 0.6) is 0 Å².